The van der Waals surface area contributed by atoms with Gasteiger partial charge in [0.2, 0.25) is 0 Å². The number of carbonyl (C=O) groups is 1. The SMILES string of the molecule is CCCNc1ccc(C(=O)N2CCCC3CCCC32)cc1. The minimum absolute atomic E-state index is 0.230. The molecule has 2 atom stereocenters. The quantitative estimate of drug-likeness (QED) is 0.910. The normalized spacial score (nSPS) is 24.7. The molecule has 2 unspecified atom stereocenters. The lowest BCUT2D eigenvalue weighted by atomic mass is 9.91. The Morgan fingerprint density at radius 1 is 1.19 bits per heavy atom. The summed E-state index contributed by atoms with van der Waals surface area (Å²) in [4.78, 5) is 14.9. The van der Waals surface area contributed by atoms with Gasteiger partial charge in [0.05, 0.1) is 0 Å². The second-order valence-electron chi connectivity index (χ2n) is 6.40. The summed E-state index contributed by atoms with van der Waals surface area (Å²) in [6.07, 6.45) is 7.40. The van der Waals surface area contributed by atoms with E-state index in [9.17, 15) is 4.79 Å². The zero-order chi connectivity index (χ0) is 14.7. The van der Waals surface area contributed by atoms with E-state index in [4.69, 9.17) is 0 Å². The van der Waals surface area contributed by atoms with E-state index in [1.54, 1.807) is 0 Å². The zero-order valence-corrected chi connectivity index (χ0v) is 13.0. The molecule has 1 saturated heterocycles. The van der Waals surface area contributed by atoms with Crippen LogP contribution in [0, 0.1) is 5.92 Å². The third-order valence-electron chi connectivity index (χ3n) is 4.97. The smallest absolute Gasteiger partial charge is 0.254 e. The van der Waals surface area contributed by atoms with Gasteiger partial charge in [0, 0.05) is 30.4 Å². The molecule has 1 heterocycles. The molecule has 1 N–H and O–H groups in total. The van der Waals surface area contributed by atoms with Crippen molar-refractivity contribution in [1.82, 2.24) is 4.90 Å². The molecule has 0 spiro atoms. The number of piperidine rings is 1. The Balaban J connectivity index is 1.69. The summed E-state index contributed by atoms with van der Waals surface area (Å²) < 4.78 is 0. The average molecular weight is 286 g/mol. The van der Waals surface area contributed by atoms with Crippen molar-refractivity contribution in [2.24, 2.45) is 5.92 Å². The summed E-state index contributed by atoms with van der Waals surface area (Å²) in [6.45, 7) is 4.07. The largest absolute Gasteiger partial charge is 0.385 e. The van der Waals surface area contributed by atoms with E-state index in [1.807, 2.05) is 24.3 Å². The number of benzene rings is 1. The van der Waals surface area contributed by atoms with Crippen LogP contribution in [-0.4, -0.2) is 29.9 Å². The van der Waals surface area contributed by atoms with Crippen molar-refractivity contribution >= 4 is 11.6 Å². The minimum Gasteiger partial charge on any atom is -0.385 e. The van der Waals surface area contributed by atoms with Crippen LogP contribution in [0.3, 0.4) is 0 Å². The fraction of sp³-hybridized carbons (Fsp3) is 0.611. The van der Waals surface area contributed by atoms with Gasteiger partial charge in [-0.15, -0.1) is 0 Å². The van der Waals surface area contributed by atoms with Gasteiger partial charge in [0.1, 0.15) is 0 Å². The summed E-state index contributed by atoms with van der Waals surface area (Å²) in [5.41, 5.74) is 1.94. The van der Waals surface area contributed by atoms with Crippen LogP contribution < -0.4 is 5.32 Å². The number of amides is 1. The summed E-state index contributed by atoms with van der Waals surface area (Å²) in [7, 11) is 0. The van der Waals surface area contributed by atoms with Gasteiger partial charge in [-0.3, -0.25) is 4.79 Å². The van der Waals surface area contributed by atoms with Crippen LogP contribution in [0.1, 0.15) is 55.8 Å². The number of hydrogen-bond acceptors (Lipinski definition) is 2. The van der Waals surface area contributed by atoms with Gasteiger partial charge >= 0.3 is 0 Å². The van der Waals surface area contributed by atoms with Crippen molar-refractivity contribution < 1.29 is 4.79 Å². The lowest BCUT2D eigenvalue weighted by Crippen LogP contribution is -2.46. The number of fused-ring (bicyclic) bond motifs is 1. The molecule has 1 aromatic carbocycles. The first-order chi connectivity index (χ1) is 10.3. The molecule has 21 heavy (non-hydrogen) atoms. The van der Waals surface area contributed by atoms with Crippen LogP contribution in [0.25, 0.3) is 0 Å². The Kier molecular flexibility index (Phi) is 4.47. The minimum atomic E-state index is 0.230. The average Bonchev–Trinajstić information content (AvgIpc) is 3.01. The molecule has 1 aliphatic heterocycles. The first-order valence-electron chi connectivity index (χ1n) is 8.44. The number of rotatable bonds is 4. The van der Waals surface area contributed by atoms with E-state index in [0.717, 1.165) is 36.7 Å². The highest BCUT2D eigenvalue weighted by Gasteiger charge is 2.37. The van der Waals surface area contributed by atoms with Crippen LogP contribution in [0.15, 0.2) is 24.3 Å². The highest BCUT2D eigenvalue weighted by molar-refractivity contribution is 5.94. The number of likely N-dealkylation sites (tertiary alicyclic amines) is 1. The van der Waals surface area contributed by atoms with Crippen LogP contribution in [0.4, 0.5) is 5.69 Å². The van der Waals surface area contributed by atoms with Gasteiger partial charge in [0.25, 0.3) is 5.91 Å². The van der Waals surface area contributed by atoms with Crippen molar-refractivity contribution in [3.05, 3.63) is 29.8 Å². The third-order valence-corrected chi connectivity index (χ3v) is 4.97. The molecule has 2 aliphatic rings. The highest BCUT2D eigenvalue weighted by Crippen LogP contribution is 2.37. The molecule has 3 rings (SSSR count). The van der Waals surface area contributed by atoms with Crippen molar-refractivity contribution in [3.8, 4) is 0 Å². The van der Waals surface area contributed by atoms with Gasteiger partial charge in [-0.1, -0.05) is 13.3 Å². The summed E-state index contributed by atoms with van der Waals surface area (Å²) in [5, 5.41) is 3.35. The van der Waals surface area contributed by atoms with Crippen LogP contribution in [0.2, 0.25) is 0 Å². The Morgan fingerprint density at radius 2 is 1.95 bits per heavy atom. The Labute approximate surface area is 127 Å². The van der Waals surface area contributed by atoms with Crippen LogP contribution in [0.5, 0.6) is 0 Å². The number of nitrogens with zero attached hydrogens (tertiary/aromatic N) is 1. The Morgan fingerprint density at radius 3 is 2.71 bits per heavy atom. The lowest BCUT2D eigenvalue weighted by molar-refractivity contribution is 0.0548. The molecule has 1 aromatic rings. The van der Waals surface area contributed by atoms with Gasteiger partial charge in [-0.2, -0.15) is 0 Å². The molecular formula is C18H26N2O. The Bertz CT molecular complexity index is 482. The van der Waals surface area contributed by atoms with Crippen molar-refractivity contribution in [2.45, 2.75) is 51.5 Å². The van der Waals surface area contributed by atoms with E-state index in [2.05, 4.69) is 17.1 Å². The van der Waals surface area contributed by atoms with E-state index >= 15 is 0 Å². The van der Waals surface area contributed by atoms with Crippen molar-refractivity contribution in [2.75, 3.05) is 18.4 Å². The van der Waals surface area contributed by atoms with Gasteiger partial charge in [-0.05, 0) is 62.3 Å². The first-order valence-corrected chi connectivity index (χ1v) is 8.44. The number of carbonyl (C=O) groups excluding carboxylic acids is 1. The predicted molar refractivity (Wildman–Crippen MR) is 86.6 cm³/mol. The number of nitrogens with one attached hydrogen (secondary N) is 1. The zero-order valence-electron chi connectivity index (χ0n) is 13.0. The number of hydrogen-bond donors (Lipinski definition) is 1. The van der Waals surface area contributed by atoms with Gasteiger partial charge in [-0.25, -0.2) is 0 Å². The van der Waals surface area contributed by atoms with Crippen LogP contribution in [-0.2, 0) is 0 Å². The number of anilines is 1. The van der Waals surface area contributed by atoms with Gasteiger partial charge in [0.15, 0.2) is 0 Å². The summed E-state index contributed by atoms with van der Waals surface area (Å²) >= 11 is 0. The second-order valence-corrected chi connectivity index (χ2v) is 6.40. The standard InChI is InChI=1S/C18H26N2O/c1-2-12-19-16-10-8-15(9-11-16)18(21)20-13-4-6-14-5-3-7-17(14)20/h8-11,14,17,19H,2-7,12-13H2,1H3. The summed E-state index contributed by atoms with van der Waals surface area (Å²) in [5.74, 6) is 0.988. The molecule has 3 nitrogen and oxygen atoms in total. The van der Waals surface area contributed by atoms with E-state index in [-0.39, 0.29) is 5.91 Å². The molecule has 0 radical (unpaired) electrons. The topological polar surface area (TPSA) is 32.3 Å². The van der Waals surface area contributed by atoms with Crippen molar-refractivity contribution in [3.63, 3.8) is 0 Å². The second kappa shape index (κ2) is 6.50. The van der Waals surface area contributed by atoms with E-state index in [1.165, 1.54) is 32.1 Å². The molecule has 1 amide bonds. The lowest BCUT2D eigenvalue weighted by Gasteiger charge is -2.37. The molecule has 114 valence electrons. The van der Waals surface area contributed by atoms with Gasteiger partial charge < -0.3 is 10.2 Å². The first kappa shape index (κ1) is 14.4. The Hall–Kier alpha value is -1.51. The van der Waals surface area contributed by atoms with Crippen LogP contribution >= 0.6 is 0 Å². The molecule has 1 aliphatic carbocycles. The van der Waals surface area contributed by atoms with E-state index < -0.39 is 0 Å². The molecule has 2 fully saturated rings. The van der Waals surface area contributed by atoms with E-state index in [0.29, 0.717) is 6.04 Å². The summed E-state index contributed by atoms with van der Waals surface area (Å²) in [6, 6.07) is 8.50. The maximum atomic E-state index is 12.8. The predicted octanol–water partition coefficient (Wildman–Crippen LogP) is 3.91. The third kappa shape index (κ3) is 3.07. The monoisotopic (exact) mass is 286 g/mol. The molecule has 0 bridgehead atoms. The molecular weight excluding hydrogens is 260 g/mol. The molecule has 0 aromatic heterocycles. The fourth-order valence-corrected chi connectivity index (χ4v) is 3.87. The molecule has 3 heteroatoms. The maximum absolute atomic E-state index is 12.8. The fourth-order valence-electron chi connectivity index (χ4n) is 3.87. The van der Waals surface area contributed by atoms with Crippen molar-refractivity contribution in [1.29, 1.82) is 0 Å². The highest BCUT2D eigenvalue weighted by atomic mass is 16.2. The maximum Gasteiger partial charge on any atom is 0.254 e. The molecule has 1 saturated carbocycles.